The van der Waals surface area contributed by atoms with Gasteiger partial charge < -0.3 is 10.2 Å². The van der Waals surface area contributed by atoms with Crippen LogP contribution in [0.4, 0.5) is 5.69 Å². The van der Waals surface area contributed by atoms with Crippen LogP contribution in [0.5, 0.6) is 11.5 Å². The molecule has 1 heterocycles. The van der Waals surface area contributed by atoms with Crippen LogP contribution in [0.1, 0.15) is 0 Å². The predicted molar refractivity (Wildman–Crippen MR) is 53.2 cm³/mol. The summed E-state index contributed by atoms with van der Waals surface area (Å²) >= 11 is 0. The molecule has 4 heteroatoms. The van der Waals surface area contributed by atoms with Gasteiger partial charge in [-0.05, 0) is 24.3 Å². The number of rotatable bonds is 2. The van der Waals surface area contributed by atoms with Crippen LogP contribution < -0.4 is 5.43 Å². The molecule has 14 heavy (non-hydrogen) atoms. The van der Waals surface area contributed by atoms with Crippen molar-refractivity contribution in [3.05, 3.63) is 42.7 Å². The van der Waals surface area contributed by atoms with Gasteiger partial charge in [0.1, 0.15) is 0 Å². The second kappa shape index (κ2) is 3.33. The van der Waals surface area contributed by atoms with Gasteiger partial charge in [0, 0.05) is 18.5 Å². The first-order chi connectivity index (χ1) is 6.75. The quantitative estimate of drug-likeness (QED) is 0.499. The van der Waals surface area contributed by atoms with Crippen LogP contribution in [0.3, 0.4) is 0 Å². The van der Waals surface area contributed by atoms with E-state index in [2.05, 4.69) is 5.43 Å². The second-order valence-corrected chi connectivity index (χ2v) is 2.91. The van der Waals surface area contributed by atoms with Gasteiger partial charge >= 0.3 is 0 Å². The number of anilines is 1. The van der Waals surface area contributed by atoms with Gasteiger partial charge in [0.05, 0.1) is 5.69 Å². The second-order valence-electron chi connectivity index (χ2n) is 2.91. The van der Waals surface area contributed by atoms with Crippen molar-refractivity contribution in [2.75, 3.05) is 5.43 Å². The summed E-state index contributed by atoms with van der Waals surface area (Å²) in [4.78, 5) is 0. The number of benzene rings is 1. The van der Waals surface area contributed by atoms with Crippen LogP contribution >= 0.6 is 0 Å². The highest BCUT2D eigenvalue weighted by Gasteiger charge is 1.99. The Bertz CT molecular complexity index is 424. The van der Waals surface area contributed by atoms with Gasteiger partial charge in [0.15, 0.2) is 11.5 Å². The molecule has 0 radical (unpaired) electrons. The molecule has 2 rings (SSSR count). The lowest BCUT2D eigenvalue weighted by Gasteiger charge is -2.07. The highest BCUT2D eigenvalue weighted by Crippen LogP contribution is 2.27. The van der Waals surface area contributed by atoms with E-state index in [-0.39, 0.29) is 11.5 Å². The number of phenolic OH excluding ortho intramolecular Hbond substituents is 2. The third kappa shape index (κ3) is 1.64. The molecule has 0 aliphatic rings. The molecule has 0 saturated carbocycles. The first-order valence-electron chi connectivity index (χ1n) is 4.18. The van der Waals surface area contributed by atoms with Gasteiger partial charge in [-0.15, -0.1) is 0 Å². The van der Waals surface area contributed by atoms with Gasteiger partial charge in [0.2, 0.25) is 0 Å². The summed E-state index contributed by atoms with van der Waals surface area (Å²) < 4.78 is 1.74. The zero-order chi connectivity index (χ0) is 9.97. The average Bonchev–Trinajstić information content (AvgIpc) is 2.64. The minimum Gasteiger partial charge on any atom is -0.504 e. The van der Waals surface area contributed by atoms with Crippen molar-refractivity contribution in [3.8, 4) is 11.5 Å². The lowest BCUT2D eigenvalue weighted by atomic mass is 10.3. The number of nitrogens with zero attached hydrogens (tertiary/aromatic N) is 1. The van der Waals surface area contributed by atoms with Crippen LogP contribution in [-0.4, -0.2) is 14.9 Å². The summed E-state index contributed by atoms with van der Waals surface area (Å²) in [6.07, 6.45) is 3.67. The first kappa shape index (κ1) is 8.50. The molecule has 1 aromatic heterocycles. The molecule has 3 N–H and O–H groups in total. The number of aromatic hydroxyl groups is 2. The van der Waals surface area contributed by atoms with E-state index >= 15 is 0 Å². The predicted octanol–water partition coefficient (Wildman–Crippen LogP) is 1.77. The third-order valence-electron chi connectivity index (χ3n) is 1.84. The van der Waals surface area contributed by atoms with Crippen LogP contribution in [-0.2, 0) is 0 Å². The van der Waals surface area contributed by atoms with Crippen LogP contribution in [0.15, 0.2) is 42.7 Å². The monoisotopic (exact) mass is 190 g/mol. The van der Waals surface area contributed by atoms with E-state index in [1.807, 2.05) is 24.5 Å². The van der Waals surface area contributed by atoms with Crippen molar-refractivity contribution in [2.24, 2.45) is 0 Å². The van der Waals surface area contributed by atoms with Crippen molar-refractivity contribution < 1.29 is 10.2 Å². The molecule has 0 saturated heterocycles. The Morgan fingerprint density at radius 3 is 2.36 bits per heavy atom. The van der Waals surface area contributed by atoms with E-state index in [1.165, 1.54) is 12.1 Å². The van der Waals surface area contributed by atoms with Gasteiger partial charge in [-0.3, -0.25) is 10.1 Å². The topological polar surface area (TPSA) is 57.4 Å². The Morgan fingerprint density at radius 1 is 1.00 bits per heavy atom. The van der Waals surface area contributed by atoms with Crippen molar-refractivity contribution >= 4 is 5.69 Å². The summed E-state index contributed by atoms with van der Waals surface area (Å²) in [5.41, 5.74) is 3.70. The molecular weight excluding hydrogens is 180 g/mol. The van der Waals surface area contributed by atoms with E-state index in [9.17, 15) is 5.11 Å². The third-order valence-corrected chi connectivity index (χ3v) is 1.84. The number of hydrogen-bond acceptors (Lipinski definition) is 3. The SMILES string of the molecule is Oc1ccc(Nn2cccc2)cc1O. The fourth-order valence-electron chi connectivity index (χ4n) is 1.15. The molecule has 1 aromatic carbocycles. The van der Waals surface area contributed by atoms with Gasteiger partial charge in [-0.1, -0.05) is 0 Å². The van der Waals surface area contributed by atoms with E-state index in [4.69, 9.17) is 5.11 Å². The number of hydrogen-bond donors (Lipinski definition) is 3. The minimum absolute atomic E-state index is 0.122. The maximum absolute atomic E-state index is 9.23. The maximum Gasteiger partial charge on any atom is 0.159 e. The fourth-order valence-corrected chi connectivity index (χ4v) is 1.15. The largest absolute Gasteiger partial charge is 0.504 e. The zero-order valence-electron chi connectivity index (χ0n) is 7.38. The molecule has 0 spiro atoms. The van der Waals surface area contributed by atoms with Crippen molar-refractivity contribution in [1.82, 2.24) is 4.68 Å². The molecule has 0 aliphatic carbocycles. The van der Waals surface area contributed by atoms with Crippen LogP contribution in [0.25, 0.3) is 0 Å². The summed E-state index contributed by atoms with van der Waals surface area (Å²) in [5.74, 6) is -0.259. The number of nitrogens with one attached hydrogen (secondary N) is 1. The molecule has 0 bridgehead atoms. The summed E-state index contributed by atoms with van der Waals surface area (Å²) in [6.45, 7) is 0. The maximum atomic E-state index is 9.23. The zero-order valence-corrected chi connectivity index (χ0v) is 7.38. The highest BCUT2D eigenvalue weighted by molar-refractivity contribution is 5.53. The molecule has 4 nitrogen and oxygen atoms in total. The van der Waals surface area contributed by atoms with E-state index in [0.29, 0.717) is 5.69 Å². The van der Waals surface area contributed by atoms with E-state index in [0.717, 1.165) is 0 Å². The molecule has 0 amide bonds. The molecular formula is C10H10N2O2. The van der Waals surface area contributed by atoms with Crippen LogP contribution in [0, 0.1) is 0 Å². The van der Waals surface area contributed by atoms with E-state index in [1.54, 1.807) is 10.7 Å². The molecule has 72 valence electrons. The summed E-state index contributed by atoms with van der Waals surface area (Å²) in [7, 11) is 0. The smallest absolute Gasteiger partial charge is 0.159 e. The molecule has 0 fully saturated rings. The van der Waals surface area contributed by atoms with Crippen LogP contribution in [0.2, 0.25) is 0 Å². The summed E-state index contributed by atoms with van der Waals surface area (Å²) in [5, 5.41) is 18.3. The first-order valence-corrected chi connectivity index (χ1v) is 4.18. The highest BCUT2D eigenvalue weighted by atomic mass is 16.3. The normalized spacial score (nSPS) is 10.0. The number of aromatic nitrogens is 1. The van der Waals surface area contributed by atoms with Gasteiger partial charge in [-0.2, -0.15) is 0 Å². The Morgan fingerprint density at radius 2 is 1.71 bits per heavy atom. The average molecular weight is 190 g/mol. The lowest BCUT2D eigenvalue weighted by Crippen LogP contribution is -2.04. The Hall–Kier alpha value is -2.10. The molecule has 0 unspecified atom stereocenters. The van der Waals surface area contributed by atoms with E-state index < -0.39 is 0 Å². The Kier molecular flexibility index (Phi) is 2.02. The number of phenols is 2. The van der Waals surface area contributed by atoms with Crippen molar-refractivity contribution in [2.45, 2.75) is 0 Å². The van der Waals surface area contributed by atoms with Gasteiger partial charge in [0.25, 0.3) is 0 Å². The minimum atomic E-state index is -0.137. The Labute approximate surface area is 81.0 Å². The standard InChI is InChI=1S/C10H10N2O2/c13-9-4-3-8(7-10(9)14)11-12-5-1-2-6-12/h1-7,11,13-14H. The Balaban J connectivity index is 2.22. The molecule has 0 atom stereocenters. The lowest BCUT2D eigenvalue weighted by molar-refractivity contribution is 0.404. The molecule has 2 aromatic rings. The van der Waals surface area contributed by atoms with Crippen molar-refractivity contribution in [1.29, 1.82) is 0 Å². The molecule has 0 aliphatic heterocycles. The fraction of sp³-hybridized carbons (Fsp3) is 0. The van der Waals surface area contributed by atoms with Gasteiger partial charge in [-0.25, -0.2) is 0 Å². The van der Waals surface area contributed by atoms with Crippen molar-refractivity contribution in [3.63, 3.8) is 0 Å². The summed E-state index contributed by atoms with van der Waals surface area (Å²) in [6, 6.07) is 8.33.